The highest BCUT2D eigenvalue weighted by Gasteiger charge is 2.18. The van der Waals surface area contributed by atoms with Crippen LogP contribution < -0.4 is 19.5 Å². The zero-order valence-electron chi connectivity index (χ0n) is 20.3. The van der Waals surface area contributed by atoms with Crippen LogP contribution in [0.5, 0.6) is 11.5 Å². The molecule has 4 aromatic carbocycles. The van der Waals surface area contributed by atoms with Gasteiger partial charge in [-0.2, -0.15) is 0 Å². The fourth-order valence-electron chi connectivity index (χ4n) is 3.45. The van der Waals surface area contributed by atoms with Gasteiger partial charge < -0.3 is 14.8 Å². The lowest BCUT2D eigenvalue weighted by Crippen LogP contribution is -2.14. The molecule has 9 heteroatoms. The summed E-state index contributed by atoms with van der Waals surface area (Å²) >= 11 is 1.73. The van der Waals surface area contributed by atoms with Gasteiger partial charge in [-0.25, -0.2) is 8.42 Å². The van der Waals surface area contributed by atoms with E-state index in [4.69, 9.17) is 9.47 Å². The Kier molecular flexibility index (Phi) is 8.37. The number of hydrogen-bond donors (Lipinski definition) is 2. The van der Waals surface area contributed by atoms with Crippen LogP contribution in [0.1, 0.15) is 15.9 Å². The van der Waals surface area contributed by atoms with Gasteiger partial charge in [0.15, 0.2) is 0 Å². The molecule has 0 spiro atoms. The Morgan fingerprint density at radius 3 is 2.19 bits per heavy atom. The molecule has 0 saturated heterocycles. The number of thioether (sulfide) groups is 1. The highest BCUT2D eigenvalue weighted by atomic mass is 32.2. The molecule has 2 N–H and O–H groups in total. The second-order valence-corrected chi connectivity index (χ2v) is 10.7. The van der Waals surface area contributed by atoms with Crippen LogP contribution in [0.4, 0.5) is 11.4 Å². The molecule has 0 heterocycles. The second kappa shape index (κ2) is 11.9. The monoisotopic (exact) mass is 534 g/mol. The molecule has 0 aromatic heterocycles. The lowest BCUT2D eigenvalue weighted by molar-refractivity contribution is 0.102. The fourth-order valence-corrected chi connectivity index (χ4v) is 5.39. The molecule has 0 unspecified atom stereocenters. The van der Waals surface area contributed by atoms with E-state index in [2.05, 4.69) is 22.2 Å². The summed E-state index contributed by atoms with van der Waals surface area (Å²) < 4.78 is 38.7. The number of rotatable bonds is 10. The van der Waals surface area contributed by atoms with Crippen molar-refractivity contribution in [1.29, 1.82) is 0 Å². The van der Waals surface area contributed by atoms with E-state index in [0.717, 1.165) is 11.3 Å². The molecule has 0 atom stereocenters. The van der Waals surface area contributed by atoms with E-state index < -0.39 is 10.0 Å². The Hall–Kier alpha value is -3.95. The minimum Gasteiger partial charge on any atom is -0.497 e. The summed E-state index contributed by atoms with van der Waals surface area (Å²) in [6.45, 7) is 0. The normalized spacial score (nSPS) is 11.0. The minimum absolute atomic E-state index is 0.0376. The van der Waals surface area contributed by atoms with Crippen molar-refractivity contribution in [2.45, 2.75) is 15.5 Å². The van der Waals surface area contributed by atoms with E-state index in [9.17, 15) is 13.2 Å². The number of amides is 1. The molecule has 4 rings (SSSR count). The lowest BCUT2D eigenvalue weighted by atomic mass is 10.1. The van der Waals surface area contributed by atoms with Crippen LogP contribution in [0.2, 0.25) is 0 Å². The molecule has 0 aliphatic carbocycles. The average Bonchev–Trinajstić information content (AvgIpc) is 2.92. The van der Waals surface area contributed by atoms with Crippen molar-refractivity contribution in [2.24, 2.45) is 0 Å². The summed E-state index contributed by atoms with van der Waals surface area (Å²) in [5, 5.41) is 2.80. The molecule has 1 amide bonds. The molecular weight excluding hydrogens is 508 g/mol. The van der Waals surface area contributed by atoms with Gasteiger partial charge >= 0.3 is 0 Å². The van der Waals surface area contributed by atoms with Gasteiger partial charge in [-0.05, 0) is 66.2 Å². The molecule has 0 aliphatic rings. The number of hydrogen-bond acceptors (Lipinski definition) is 6. The standard InChI is InChI=1S/C28H26N2O5S2/c1-34-23-14-17-27(35-2)26(18-23)30-37(32,33)25-15-12-22(13-16-25)29-28(31)21-10-8-20(9-11-21)19-36-24-6-4-3-5-7-24/h3-18,30H,19H2,1-2H3,(H,29,31). The van der Waals surface area contributed by atoms with Crippen LogP contribution in [0.15, 0.2) is 107 Å². The zero-order valence-corrected chi connectivity index (χ0v) is 21.9. The number of nitrogens with one attached hydrogen (secondary N) is 2. The van der Waals surface area contributed by atoms with Crippen LogP contribution in [0.25, 0.3) is 0 Å². The lowest BCUT2D eigenvalue weighted by Gasteiger charge is -2.13. The Morgan fingerprint density at radius 2 is 1.54 bits per heavy atom. The summed E-state index contributed by atoms with van der Waals surface area (Å²) in [5.41, 5.74) is 2.36. The minimum atomic E-state index is -3.90. The van der Waals surface area contributed by atoms with E-state index in [1.807, 2.05) is 30.3 Å². The highest BCUT2D eigenvalue weighted by molar-refractivity contribution is 7.98. The van der Waals surface area contributed by atoms with Crippen LogP contribution >= 0.6 is 11.8 Å². The summed E-state index contributed by atoms with van der Waals surface area (Å²) in [5.74, 6) is 1.37. The molecule has 4 aromatic rings. The summed E-state index contributed by atoms with van der Waals surface area (Å²) in [6.07, 6.45) is 0. The quantitative estimate of drug-likeness (QED) is 0.241. The zero-order chi connectivity index (χ0) is 26.3. The van der Waals surface area contributed by atoms with Crippen molar-refractivity contribution in [1.82, 2.24) is 0 Å². The predicted octanol–water partition coefficient (Wildman–Crippen LogP) is 6.05. The molecule has 0 radical (unpaired) electrons. The Bertz CT molecular complexity index is 1460. The largest absolute Gasteiger partial charge is 0.497 e. The maximum Gasteiger partial charge on any atom is 0.262 e. The molecular formula is C28H26N2O5S2. The van der Waals surface area contributed by atoms with Crippen molar-refractivity contribution in [3.8, 4) is 11.5 Å². The van der Waals surface area contributed by atoms with Crippen molar-refractivity contribution < 1.29 is 22.7 Å². The Labute approximate surface area is 220 Å². The smallest absolute Gasteiger partial charge is 0.262 e. The maximum absolute atomic E-state index is 12.9. The van der Waals surface area contributed by atoms with Crippen LogP contribution in [0, 0.1) is 0 Å². The molecule has 0 bridgehead atoms. The van der Waals surface area contributed by atoms with Gasteiger partial charge in [0.2, 0.25) is 0 Å². The first-order chi connectivity index (χ1) is 17.9. The SMILES string of the molecule is COc1ccc(OC)c(NS(=O)(=O)c2ccc(NC(=O)c3ccc(CSc4ccccc4)cc3)cc2)c1. The van der Waals surface area contributed by atoms with E-state index in [0.29, 0.717) is 22.7 Å². The van der Waals surface area contributed by atoms with Gasteiger partial charge in [0.05, 0.1) is 24.8 Å². The van der Waals surface area contributed by atoms with Crippen molar-refractivity contribution in [2.75, 3.05) is 24.3 Å². The van der Waals surface area contributed by atoms with Gasteiger partial charge in [-0.3, -0.25) is 9.52 Å². The van der Waals surface area contributed by atoms with Crippen LogP contribution in [-0.4, -0.2) is 28.5 Å². The van der Waals surface area contributed by atoms with Crippen molar-refractivity contribution in [3.63, 3.8) is 0 Å². The summed E-state index contributed by atoms with van der Waals surface area (Å²) in [6, 6.07) is 28.3. The number of benzene rings is 4. The first kappa shape index (κ1) is 26.1. The van der Waals surface area contributed by atoms with E-state index >= 15 is 0 Å². The van der Waals surface area contributed by atoms with Gasteiger partial charge in [0.25, 0.3) is 15.9 Å². The molecule has 7 nitrogen and oxygen atoms in total. The second-order valence-electron chi connectivity index (χ2n) is 7.95. The first-order valence-electron chi connectivity index (χ1n) is 11.3. The van der Waals surface area contributed by atoms with E-state index in [1.165, 1.54) is 37.3 Å². The van der Waals surface area contributed by atoms with Crippen molar-refractivity contribution in [3.05, 3.63) is 108 Å². The fraction of sp³-hybridized carbons (Fsp3) is 0.107. The molecule has 37 heavy (non-hydrogen) atoms. The molecule has 0 saturated carbocycles. The number of carbonyl (C=O) groups is 1. The highest BCUT2D eigenvalue weighted by Crippen LogP contribution is 2.31. The Morgan fingerprint density at radius 1 is 0.838 bits per heavy atom. The number of anilines is 2. The Balaban J connectivity index is 1.38. The van der Waals surface area contributed by atoms with Crippen LogP contribution in [0.3, 0.4) is 0 Å². The summed E-state index contributed by atoms with van der Waals surface area (Å²) in [4.78, 5) is 13.9. The van der Waals surface area contributed by atoms with Gasteiger partial charge in [-0.1, -0.05) is 30.3 Å². The third-order valence-corrected chi connectivity index (χ3v) is 7.90. The molecule has 190 valence electrons. The first-order valence-corrected chi connectivity index (χ1v) is 13.8. The third-order valence-electron chi connectivity index (χ3n) is 5.44. The average molecular weight is 535 g/mol. The van der Waals surface area contributed by atoms with Crippen LogP contribution in [-0.2, 0) is 15.8 Å². The number of carbonyl (C=O) groups excluding carboxylic acids is 1. The van der Waals surface area contributed by atoms with Crippen molar-refractivity contribution >= 4 is 39.1 Å². The molecule has 0 aliphatic heterocycles. The topological polar surface area (TPSA) is 93.7 Å². The van der Waals surface area contributed by atoms with Gasteiger partial charge in [0.1, 0.15) is 11.5 Å². The van der Waals surface area contributed by atoms with Gasteiger partial charge in [-0.15, -0.1) is 11.8 Å². The third kappa shape index (κ3) is 6.84. The number of sulfonamides is 1. The summed E-state index contributed by atoms with van der Waals surface area (Å²) in [7, 11) is -0.954. The number of ether oxygens (including phenoxy) is 2. The molecule has 0 fully saturated rings. The number of methoxy groups -OCH3 is 2. The predicted molar refractivity (Wildman–Crippen MR) is 147 cm³/mol. The van der Waals surface area contributed by atoms with E-state index in [1.54, 1.807) is 48.2 Å². The van der Waals surface area contributed by atoms with E-state index in [-0.39, 0.29) is 16.5 Å². The maximum atomic E-state index is 12.9. The van der Waals surface area contributed by atoms with Gasteiger partial charge in [0, 0.05) is 28.0 Å².